The lowest BCUT2D eigenvalue weighted by Crippen LogP contribution is -2.19. The highest BCUT2D eigenvalue weighted by molar-refractivity contribution is 6.32. The summed E-state index contributed by atoms with van der Waals surface area (Å²) < 4.78 is 4.98. The van der Waals surface area contributed by atoms with Crippen LogP contribution in [0.2, 0.25) is 5.02 Å². The maximum atomic E-state index is 11.8. The lowest BCUT2D eigenvalue weighted by molar-refractivity contribution is -0.120. The number of hydrazone groups is 1. The van der Waals surface area contributed by atoms with Crippen LogP contribution in [0.5, 0.6) is 17.2 Å². The molecule has 0 unspecified atom stereocenters. The standard InChI is InChI=1S/C16H15ClN2O4/c1-23-14-7-11(6-13(17)16(14)22)9-18-19-15(21)8-10-2-4-12(20)5-3-10/h2-7,9,20,22H,8H2,1H3,(H,19,21)/b18-9-. The minimum absolute atomic E-state index is 0.126. The molecule has 0 radical (unpaired) electrons. The number of hydrogen-bond acceptors (Lipinski definition) is 5. The van der Waals surface area contributed by atoms with Crippen LogP contribution in [0.4, 0.5) is 0 Å². The molecule has 2 aromatic carbocycles. The van der Waals surface area contributed by atoms with Gasteiger partial charge in [0, 0.05) is 0 Å². The number of amides is 1. The molecule has 7 heteroatoms. The molecule has 0 aliphatic carbocycles. The normalized spacial score (nSPS) is 10.7. The highest BCUT2D eigenvalue weighted by Crippen LogP contribution is 2.34. The summed E-state index contributed by atoms with van der Waals surface area (Å²) in [6.45, 7) is 0. The van der Waals surface area contributed by atoms with Gasteiger partial charge in [-0.05, 0) is 35.4 Å². The molecule has 0 aromatic heterocycles. The van der Waals surface area contributed by atoms with Gasteiger partial charge in [0.25, 0.3) is 0 Å². The second-order valence-electron chi connectivity index (χ2n) is 4.69. The second-order valence-corrected chi connectivity index (χ2v) is 5.10. The van der Waals surface area contributed by atoms with E-state index in [4.69, 9.17) is 16.3 Å². The van der Waals surface area contributed by atoms with Crippen molar-refractivity contribution in [2.24, 2.45) is 5.10 Å². The smallest absolute Gasteiger partial charge is 0.244 e. The maximum Gasteiger partial charge on any atom is 0.244 e. The Balaban J connectivity index is 1.97. The molecule has 6 nitrogen and oxygen atoms in total. The summed E-state index contributed by atoms with van der Waals surface area (Å²) >= 11 is 5.86. The number of rotatable bonds is 5. The number of carbonyl (C=O) groups is 1. The molecule has 2 rings (SSSR count). The number of nitrogens with one attached hydrogen (secondary N) is 1. The average Bonchev–Trinajstić information content (AvgIpc) is 2.53. The van der Waals surface area contributed by atoms with E-state index in [1.807, 2.05) is 0 Å². The Morgan fingerprint density at radius 3 is 2.65 bits per heavy atom. The fourth-order valence-corrected chi connectivity index (χ4v) is 2.06. The Hall–Kier alpha value is -2.73. The molecule has 3 N–H and O–H groups in total. The highest BCUT2D eigenvalue weighted by Gasteiger charge is 2.08. The number of halogens is 1. The van der Waals surface area contributed by atoms with E-state index in [9.17, 15) is 15.0 Å². The van der Waals surface area contributed by atoms with Crippen molar-refractivity contribution in [3.8, 4) is 17.2 Å². The molecule has 0 aliphatic rings. The van der Waals surface area contributed by atoms with E-state index >= 15 is 0 Å². The number of benzene rings is 2. The van der Waals surface area contributed by atoms with Gasteiger partial charge < -0.3 is 14.9 Å². The third kappa shape index (κ3) is 4.62. The zero-order valence-corrected chi connectivity index (χ0v) is 13.0. The van der Waals surface area contributed by atoms with Crippen LogP contribution in [0.3, 0.4) is 0 Å². The van der Waals surface area contributed by atoms with Crippen molar-refractivity contribution in [2.75, 3.05) is 7.11 Å². The molecule has 2 aromatic rings. The van der Waals surface area contributed by atoms with Crippen molar-refractivity contribution >= 4 is 23.7 Å². The fourth-order valence-electron chi connectivity index (χ4n) is 1.84. The Bertz CT molecular complexity index is 730. The van der Waals surface area contributed by atoms with Crippen LogP contribution in [-0.2, 0) is 11.2 Å². The van der Waals surface area contributed by atoms with E-state index < -0.39 is 0 Å². The minimum Gasteiger partial charge on any atom is -0.508 e. The predicted octanol–water partition coefficient (Wildman–Crippen LogP) is 2.45. The zero-order valence-electron chi connectivity index (χ0n) is 12.3. The maximum absolute atomic E-state index is 11.8. The fraction of sp³-hybridized carbons (Fsp3) is 0.125. The van der Waals surface area contributed by atoms with Gasteiger partial charge in [-0.2, -0.15) is 5.10 Å². The van der Waals surface area contributed by atoms with E-state index in [0.717, 1.165) is 5.56 Å². The summed E-state index contributed by atoms with van der Waals surface area (Å²) in [6.07, 6.45) is 1.53. The van der Waals surface area contributed by atoms with Crippen molar-refractivity contribution in [3.63, 3.8) is 0 Å². The number of phenolic OH excluding ortho intramolecular Hbond substituents is 2. The second kappa shape index (κ2) is 7.51. The summed E-state index contributed by atoms with van der Waals surface area (Å²) in [5, 5.41) is 22.8. The van der Waals surface area contributed by atoms with Gasteiger partial charge in [0.15, 0.2) is 11.5 Å². The summed E-state index contributed by atoms with van der Waals surface area (Å²) in [6, 6.07) is 9.37. The first-order chi connectivity index (χ1) is 11.0. The molecule has 0 saturated carbocycles. The van der Waals surface area contributed by atoms with Gasteiger partial charge in [0.05, 0.1) is 24.8 Å². The highest BCUT2D eigenvalue weighted by atomic mass is 35.5. The van der Waals surface area contributed by atoms with Crippen molar-refractivity contribution in [1.29, 1.82) is 0 Å². The van der Waals surface area contributed by atoms with Crippen LogP contribution >= 0.6 is 11.6 Å². The molecule has 0 aliphatic heterocycles. The molecule has 23 heavy (non-hydrogen) atoms. The number of aromatic hydroxyl groups is 2. The van der Waals surface area contributed by atoms with Crippen LogP contribution < -0.4 is 10.2 Å². The Kier molecular flexibility index (Phi) is 5.43. The van der Waals surface area contributed by atoms with Crippen LogP contribution in [0.1, 0.15) is 11.1 Å². The van der Waals surface area contributed by atoms with Crippen LogP contribution in [0, 0.1) is 0 Å². The summed E-state index contributed by atoms with van der Waals surface area (Å²) in [4.78, 5) is 11.8. The first-order valence-corrected chi connectivity index (χ1v) is 7.03. The van der Waals surface area contributed by atoms with Gasteiger partial charge >= 0.3 is 0 Å². The van der Waals surface area contributed by atoms with Gasteiger partial charge in [0.2, 0.25) is 5.91 Å². The molecular weight excluding hydrogens is 320 g/mol. The van der Waals surface area contributed by atoms with Gasteiger partial charge in [-0.3, -0.25) is 4.79 Å². The van der Waals surface area contributed by atoms with Crippen molar-refractivity contribution in [2.45, 2.75) is 6.42 Å². The number of nitrogens with zero attached hydrogens (tertiary/aromatic N) is 1. The lowest BCUT2D eigenvalue weighted by atomic mass is 10.1. The molecule has 0 bridgehead atoms. The number of ether oxygens (including phenoxy) is 1. The van der Waals surface area contributed by atoms with Crippen LogP contribution in [0.15, 0.2) is 41.5 Å². The van der Waals surface area contributed by atoms with E-state index in [0.29, 0.717) is 5.56 Å². The Morgan fingerprint density at radius 1 is 1.30 bits per heavy atom. The van der Waals surface area contributed by atoms with Crippen LogP contribution in [0.25, 0.3) is 0 Å². The summed E-state index contributed by atoms with van der Waals surface area (Å²) in [5.74, 6) is -0.0915. The molecule has 0 spiro atoms. The Labute approximate surface area is 138 Å². The van der Waals surface area contributed by atoms with Crippen LogP contribution in [-0.4, -0.2) is 29.4 Å². The van der Waals surface area contributed by atoms with Gasteiger partial charge in [-0.25, -0.2) is 5.43 Å². The minimum atomic E-state index is -0.302. The number of carbonyl (C=O) groups excluding carboxylic acids is 1. The lowest BCUT2D eigenvalue weighted by Gasteiger charge is -2.06. The Morgan fingerprint density at radius 2 is 2.00 bits per heavy atom. The topological polar surface area (TPSA) is 91.2 Å². The molecule has 0 atom stereocenters. The zero-order chi connectivity index (χ0) is 16.8. The monoisotopic (exact) mass is 334 g/mol. The molecule has 0 fully saturated rings. The quantitative estimate of drug-likeness (QED) is 0.578. The first kappa shape index (κ1) is 16.6. The first-order valence-electron chi connectivity index (χ1n) is 6.66. The number of hydrogen-bond donors (Lipinski definition) is 3. The van der Waals surface area contributed by atoms with E-state index in [-0.39, 0.29) is 34.6 Å². The van der Waals surface area contributed by atoms with E-state index in [2.05, 4.69) is 10.5 Å². The average molecular weight is 335 g/mol. The number of methoxy groups -OCH3 is 1. The van der Waals surface area contributed by atoms with Gasteiger partial charge in [-0.1, -0.05) is 23.7 Å². The molecular formula is C16H15ClN2O4. The van der Waals surface area contributed by atoms with Crippen molar-refractivity contribution in [3.05, 3.63) is 52.5 Å². The van der Waals surface area contributed by atoms with Crippen molar-refractivity contribution < 1.29 is 19.7 Å². The molecule has 0 heterocycles. The van der Waals surface area contributed by atoms with E-state index in [1.54, 1.807) is 12.1 Å². The van der Waals surface area contributed by atoms with Gasteiger partial charge in [0.1, 0.15) is 5.75 Å². The molecule has 120 valence electrons. The number of phenols is 2. The molecule has 1 amide bonds. The largest absolute Gasteiger partial charge is 0.508 e. The SMILES string of the molecule is COc1cc(/C=N\NC(=O)Cc2ccc(O)cc2)cc(Cl)c1O. The predicted molar refractivity (Wildman–Crippen MR) is 87.2 cm³/mol. The summed E-state index contributed by atoms with van der Waals surface area (Å²) in [7, 11) is 1.41. The third-order valence-corrected chi connectivity index (χ3v) is 3.26. The van der Waals surface area contributed by atoms with Gasteiger partial charge in [-0.15, -0.1) is 0 Å². The third-order valence-electron chi connectivity index (χ3n) is 2.97. The summed E-state index contributed by atoms with van der Waals surface area (Å²) in [5.41, 5.74) is 3.71. The van der Waals surface area contributed by atoms with Crippen molar-refractivity contribution in [1.82, 2.24) is 5.43 Å². The molecule has 0 saturated heterocycles. The van der Waals surface area contributed by atoms with E-state index in [1.165, 1.54) is 37.6 Å².